The minimum absolute atomic E-state index is 0.00814. The molecule has 0 spiro atoms. The molecule has 13 nitrogen and oxygen atoms in total. The molecule has 2 saturated heterocycles. The monoisotopic (exact) mass is 775 g/mol. The third-order valence-corrected chi connectivity index (χ3v) is 12.5. The Bertz CT molecular complexity index is 1440. The molecule has 14 unspecified atom stereocenters. The molecule has 1 saturated carbocycles. The highest BCUT2D eigenvalue weighted by Crippen LogP contribution is 2.40. The summed E-state index contributed by atoms with van der Waals surface area (Å²) in [4.78, 5) is 57.3. The number of hydrogen-bond donors (Lipinski definition) is 3. The molecule has 3 N–H and O–H groups in total. The number of nitrogens with zero attached hydrogens (tertiary/aromatic N) is 1. The number of Topliss-reactive ketones (excluding diaryl/α,β-unsaturated/α-hetero) is 2. The lowest BCUT2D eigenvalue weighted by molar-refractivity contribution is -0.305. The second-order valence-corrected chi connectivity index (χ2v) is 16.5. The number of hydrogen-bond acceptors (Lipinski definition) is 12. The molecule has 3 aliphatic heterocycles. The summed E-state index contributed by atoms with van der Waals surface area (Å²) in [7, 11) is 4.57. The summed E-state index contributed by atoms with van der Waals surface area (Å²) >= 11 is 0. The molecule has 3 heterocycles. The number of methoxy groups -OCH3 is 3. The average molecular weight is 776 g/mol. The van der Waals surface area contributed by atoms with Crippen LogP contribution in [0.3, 0.4) is 0 Å². The maximum Gasteiger partial charge on any atom is 0.329 e. The van der Waals surface area contributed by atoms with Gasteiger partial charge in [0, 0.05) is 52.0 Å². The zero-order valence-corrected chi connectivity index (χ0v) is 34.0. The highest BCUT2D eigenvalue weighted by atomic mass is 16.7. The van der Waals surface area contributed by atoms with Gasteiger partial charge in [-0.1, -0.05) is 44.6 Å². The van der Waals surface area contributed by atoms with Crippen molar-refractivity contribution in [3.05, 3.63) is 36.0 Å². The van der Waals surface area contributed by atoms with Crippen molar-refractivity contribution in [2.24, 2.45) is 29.6 Å². The Labute approximate surface area is 326 Å². The van der Waals surface area contributed by atoms with E-state index in [2.05, 4.69) is 6.58 Å². The number of carbonyl (C=O) groups excluding carboxylic acids is 4. The smallest absolute Gasteiger partial charge is 0.329 e. The molecular formula is C42H65NO12. The Morgan fingerprint density at radius 3 is 2.31 bits per heavy atom. The molecule has 310 valence electrons. The van der Waals surface area contributed by atoms with E-state index in [0.29, 0.717) is 44.1 Å². The van der Waals surface area contributed by atoms with Crippen LogP contribution in [0.1, 0.15) is 92.4 Å². The van der Waals surface area contributed by atoms with Crippen LogP contribution < -0.4 is 0 Å². The first kappa shape index (κ1) is 44.9. The maximum absolute atomic E-state index is 14.1. The maximum atomic E-state index is 14.1. The fourth-order valence-corrected chi connectivity index (χ4v) is 9.14. The van der Waals surface area contributed by atoms with Gasteiger partial charge in [-0.15, -0.1) is 6.58 Å². The summed E-state index contributed by atoms with van der Waals surface area (Å²) in [5, 5.41) is 34.0. The van der Waals surface area contributed by atoms with Crippen molar-refractivity contribution in [1.29, 1.82) is 0 Å². The van der Waals surface area contributed by atoms with Crippen LogP contribution in [0.25, 0.3) is 0 Å². The Kier molecular flexibility index (Phi) is 16.0. The number of carbonyl (C=O) groups is 4. The lowest BCUT2D eigenvalue weighted by Gasteiger charge is -2.47. The van der Waals surface area contributed by atoms with Crippen LogP contribution in [0.2, 0.25) is 0 Å². The number of allylic oxidation sites excluding steroid dienone is 4. The van der Waals surface area contributed by atoms with Crippen LogP contribution in [0, 0.1) is 29.6 Å². The third kappa shape index (κ3) is 10.2. The molecule has 0 radical (unpaired) electrons. The van der Waals surface area contributed by atoms with E-state index in [1.54, 1.807) is 34.0 Å². The number of ether oxygens (including phenoxy) is 5. The molecular weight excluding hydrogens is 710 g/mol. The minimum atomic E-state index is -2.52. The van der Waals surface area contributed by atoms with Gasteiger partial charge in [-0.25, -0.2) is 4.79 Å². The first-order valence-electron chi connectivity index (χ1n) is 19.9. The Balaban J connectivity index is 1.77. The van der Waals surface area contributed by atoms with Crippen LogP contribution in [0.5, 0.6) is 0 Å². The molecule has 3 fully saturated rings. The highest BCUT2D eigenvalue weighted by molar-refractivity contribution is 6.39. The molecule has 14 atom stereocenters. The van der Waals surface area contributed by atoms with Gasteiger partial charge in [-0.2, -0.15) is 0 Å². The number of cyclic esters (lactones) is 1. The normalized spacial score (nSPS) is 40.6. The number of fused-ring (bicyclic) bond motifs is 3. The summed E-state index contributed by atoms with van der Waals surface area (Å²) in [5.74, 6) is -8.12. The van der Waals surface area contributed by atoms with Crippen molar-refractivity contribution in [3.8, 4) is 0 Å². The van der Waals surface area contributed by atoms with Crippen molar-refractivity contribution < 1.29 is 58.2 Å². The van der Waals surface area contributed by atoms with Crippen LogP contribution in [-0.4, -0.2) is 126 Å². The first-order valence-corrected chi connectivity index (χ1v) is 19.9. The molecule has 4 aliphatic rings. The summed E-state index contributed by atoms with van der Waals surface area (Å²) < 4.78 is 29.6. The van der Waals surface area contributed by atoms with Crippen LogP contribution in [-0.2, 0) is 42.9 Å². The van der Waals surface area contributed by atoms with E-state index in [4.69, 9.17) is 23.7 Å². The van der Waals surface area contributed by atoms with Gasteiger partial charge < -0.3 is 43.9 Å². The fraction of sp³-hybridized carbons (Fsp3) is 0.762. The number of ketones is 2. The van der Waals surface area contributed by atoms with E-state index in [1.807, 2.05) is 26.0 Å². The molecule has 55 heavy (non-hydrogen) atoms. The van der Waals surface area contributed by atoms with Crippen molar-refractivity contribution in [2.45, 2.75) is 147 Å². The highest BCUT2D eigenvalue weighted by Gasteiger charge is 2.57. The number of esters is 1. The summed E-state index contributed by atoms with van der Waals surface area (Å²) in [5.41, 5.74) is 1.53. The van der Waals surface area contributed by atoms with Gasteiger partial charge in [0.15, 0.2) is 0 Å². The molecule has 2 bridgehead atoms. The summed E-state index contributed by atoms with van der Waals surface area (Å²) in [6, 6.07) is -1.13. The summed E-state index contributed by atoms with van der Waals surface area (Å²) in [6.45, 7) is 12.9. The standard InChI is InChI=1S/C42H65NO12/c1-10-12-29-18-23(2)17-24(3)37(53-9)38-35(52-8)20-26(5)42(50,55-38)39(47)40(48)43-16-11-13-30(43)41(49)54-36(27(6)32(45)22-33(29)46)25(4)19-28-14-15-31(44)34(21-28)51-7/h10,18-19,24,26-32,34-38,44-45,50H,1,11-17,20-22H2,2-9H3. The molecule has 1 aliphatic carbocycles. The second kappa shape index (κ2) is 19.6. The zero-order chi connectivity index (χ0) is 40.8. The predicted molar refractivity (Wildman–Crippen MR) is 203 cm³/mol. The third-order valence-electron chi connectivity index (χ3n) is 12.5. The van der Waals surface area contributed by atoms with E-state index in [9.17, 15) is 34.5 Å². The summed E-state index contributed by atoms with van der Waals surface area (Å²) in [6.07, 6.45) is 3.39. The van der Waals surface area contributed by atoms with Crippen molar-refractivity contribution >= 4 is 23.4 Å². The average Bonchev–Trinajstić information content (AvgIpc) is 3.65. The molecule has 1 amide bonds. The molecule has 13 heteroatoms. The Hall–Kier alpha value is -2.78. The Morgan fingerprint density at radius 1 is 0.982 bits per heavy atom. The van der Waals surface area contributed by atoms with E-state index in [1.165, 1.54) is 14.2 Å². The lowest BCUT2D eigenvalue weighted by Crippen LogP contribution is -2.64. The van der Waals surface area contributed by atoms with E-state index >= 15 is 0 Å². The van der Waals surface area contributed by atoms with E-state index in [0.717, 1.165) is 10.5 Å². The number of aliphatic hydroxyl groups is 3. The molecule has 0 aromatic carbocycles. The molecule has 4 rings (SSSR count). The van der Waals surface area contributed by atoms with Crippen molar-refractivity contribution in [1.82, 2.24) is 4.90 Å². The van der Waals surface area contributed by atoms with Gasteiger partial charge in [-0.05, 0) is 82.6 Å². The number of rotatable bonds is 7. The number of amides is 1. The quantitative estimate of drug-likeness (QED) is 0.194. The molecule has 0 aromatic rings. The van der Waals surface area contributed by atoms with Crippen LogP contribution in [0.4, 0.5) is 0 Å². The van der Waals surface area contributed by atoms with Gasteiger partial charge in [0.25, 0.3) is 11.7 Å². The van der Waals surface area contributed by atoms with Crippen molar-refractivity contribution in [2.75, 3.05) is 27.9 Å². The minimum Gasteiger partial charge on any atom is -0.456 e. The number of aliphatic hydroxyl groups excluding tert-OH is 2. The Morgan fingerprint density at radius 2 is 1.67 bits per heavy atom. The van der Waals surface area contributed by atoms with E-state index in [-0.39, 0.29) is 49.5 Å². The zero-order valence-electron chi connectivity index (χ0n) is 34.0. The van der Waals surface area contributed by atoms with Crippen LogP contribution >= 0.6 is 0 Å². The van der Waals surface area contributed by atoms with Gasteiger partial charge in [-0.3, -0.25) is 14.4 Å². The van der Waals surface area contributed by atoms with Gasteiger partial charge in [0.1, 0.15) is 24.0 Å². The largest absolute Gasteiger partial charge is 0.456 e. The van der Waals surface area contributed by atoms with Crippen LogP contribution in [0.15, 0.2) is 36.0 Å². The van der Waals surface area contributed by atoms with Gasteiger partial charge >= 0.3 is 5.97 Å². The lowest BCUT2D eigenvalue weighted by atomic mass is 9.80. The van der Waals surface area contributed by atoms with Gasteiger partial charge in [0.05, 0.1) is 30.5 Å². The molecule has 0 aromatic heterocycles. The second-order valence-electron chi connectivity index (χ2n) is 16.5. The van der Waals surface area contributed by atoms with E-state index < -0.39 is 83.9 Å². The van der Waals surface area contributed by atoms with Gasteiger partial charge in [0.2, 0.25) is 5.79 Å². The topological polar surface area (TPSA) is 178 Å². The fourth-order valence-electron chi connectivity index (χ4n) is 9.14. The predicted octanol–water partition coefficient (Wildman–Crippen LogP) is 3.86. The van der Waals surface area contributed by atoms with Crippen molar-refractivity contribution in [3.63, 3.8) is 0 Å². The first-order chi connectivity index (χ1) is 26.0. The SMILES string of the molecule is C=CCC1C=C(C)CC(C)C(OC)C2OC(O)(C(=O)C(=O)N3CCCC3C(=O)OC(C(C)=CC3CCC(O)C(OC)C3)C(C)C(O)CC1=O)C(C)CC2OC.